The maximum Gasteiger partial charge on any atom is 0.151 e. The Morgan fingerprint density at radius 2 is 1.94 bits per heavy atom. The molecule has 0 unspecified atom stereocenters. The lowest BCUT2D eigenvalue weighted by molar-refractivity contribution is 0.418. The van der Waals surface area contributed by atoms with Crippen LogP contribution in [0.4, 0.5) is 5.69 Å². The summed E-state index contributed by atoms with van der Waals surface area (Å²) in [5, 5.41) is 0. The zero-order valence-corrected chi connectivity index (χ0v) is 10.8. The Morgan fingerprint density at radius 3 is 2.50 bits per heavy atom. The van der Waals surface area contributed by atoms with Crippen molar-refractivity contribution in [3.05, 3.63) is 36.3 Å². The van der Waals surface area contributed by atoms with E-state index in [2.05, 4.69) is 23.8 Å². The van der Waals surface area contributed by atoms with E-state index in [4.69, 9.17) is 10.5 Å². The molecule has 1 aromatic heterocycles. The second kappa shape index (κ2) is 5.04. The number of nitrogen functional groups attached to an aromatic ring is 1. The molecule has 94 valence electrons. The molecular formula is C14H17N3O. The number of rotatable bonds is 3. The van der Waals surface area contributed by atoms with Crippen LogP contribution in [0, 0.1) is 0 Å². The van der Waals surface area contributed by atoms with Gasteiger partial charge in [0.2, 0.25) is 0 Å². The Kier molecular flexibility index (Phi) is 3.46. The fraction of sp³-hybridized carbons (Fsp3) is 0.286. The summed E-state index contributed by atoms with van der Waals surface area (Å²) in [5.74, 6) is 1.01. The van der Waals surface area contributed by atoms with E-state index in [1.54, 1.807) is 25.6 Å². The predicted octanol–water partition coefficient (Wildman–Crippen LogP) is 2.86. The SMILES string of the molecule is COc1c(N)cccc1-c1cnc(C(C)C)cn1. The van der Waals surface area contributed by atoms with Gasteiger partial charge in [-0.05, 0) is 18.1 Å². The van der Waals surface area contributed by atoms with Gasteiger partial charge in [-0.15, -0.1) is 0 Å². The Balaban J connectivity index is 2.46. The number of benzene rings is 1. The van der Waals surface area contributed by atoms with Gasteiger partial charge >= 0.3 is 0 Å². The molecule has 2 N–H and O–H groups in total. The van der Waals surface area contributed by atoms with Gasteiger partial charge in [0, 0.05) is 11.8 Å². The molecule has 0 amide bonds. The molecule has 4 nitrogen and oxygen atoms in total. The van der Waals surface area contributed by atoms with Crippen molar-refractivity contribution in [2.75, 3.05) is 12.8 Å². The predicted molar refractivity (Wildman–Crippen MR) is 72.5 cm³/mol. The van der Waals surface area contributed by atoms with Gasteiger partial charge in [0.15, 0.2) is 5.75 Å². The molecule has 2 rings (SSSR count). The van der Waals surface area contributed by atoms with E-state index in [1.165, 1.54) is 0 Å². The number of anilines is 1. The number of para-hydroxylation sites is 1. The molecule has 0 saturated heterocycles. The van der Waals surface area contributed by atoms with Crippen molar-refractivity contribution >= 4 is 5.69 Å². The molecule has 0 bridgehead atoms. The van der Waals surface area contributed by atoms with Crippen LogP contribution in [0.2, 0.25) is 0 Å². The van der Waals surface area contributed by atoms with E-state index in [-0.39, 0.29) is 0 Å². The van der Waals surface area contributed by atoms with Gasteiger partial charge in [-0.2, -0.15) is 0 Å². The van der Waals surface area contributed by atoms with Crippen LogP contribution in [0.5, 0.6) is 5.75 Å². The van der Waals surface area contributed by atoms with Crippen molar-refractivity contribution in [3.8, 4) is 17.0 Å². The first-order valence-electron chi connectivity index (χ1n) is 5.88. The van der Waals surface area contributed by atoms with Crippen LogP contribution < -0.4 is 10.5 Å². The Hall–Kier alpha value is -2.10. The molecule has 0 aliphatic rings. The normalized spacial score (nSPS) is 10.7. The second-order valence-corrected chi connectivity index (χ2v) is 4.41. The minimum absolute atomic E-state index is 0.370. The molecule has 0 aliphatic heterocycles. The lowest BCUT2D eigenvalue weighted by atomic mass is 10.1. The summed E-state index contributed by atoms with van der Waals surface area (Å²) >= 11 is 0. The third kappa shape index (κ3) is 2.27. The van der Waals surface area contributed by atoms with E-state index in [0.717, 1.165) is 17.0 Å². The first kappa shape index (κ1) is 12.4. The minimum atomic E-state index is 0.370. The van der Waals surface area contributed by atoms with Crippen LogP contribution in [-0.2, 0) is 0 Å². The zero-order valence-electron chi connectivity index (χ0n) is 10.8. The van der Waals surface area contributed by atoms with Gasteiger partial charge in [-0.25, -0.2) is 0 Å². The Bertz CT molecular complexity index is 535. The maximum atomic E-state index is 5.87. The van der Waals surface area contributed by atoms with Crippen LogP contribution in [0.25, 0.3) is 11.3 Å². The molecule has 0 atom stereocenters. The fourth-order valence-corrected chi connectivity index (χ4v) is 1.76. The molecule has 1 aromatic carbocycles. The summed E-state index contributed by atoms with van der Waals surface area (Å²) in [6.07, 6.45) is 3.55. The van der Waals surface area contributed by atoms with Crippen LogP contribution in [0.1, 0.15) is 25.5 Å². The zero-order chi connectivity index (χ0) is 13.1. The van der Waals surface area contributed by atoms with E-state index in [1.807, 2.05) is 12.1 Å². The Morgan fingerprint density at radius 1 is 1.17 bits per heavy atom. The number of nitrogens with two attached hydrogens (primary N) is 1. The summed E-state index contributed by atoms with van der Waals surface area (Å²) < 4.78 is 5.32. The quantitative estimate of drug-likeness (QED) is 0.842. The molecule has 0 aliphatic carbocycles. The summed E-state index contributed by atoms with van der Waals surface area (Å²) in [6.45, 7) is 4.18. The fourth-order valence-electron chi connectivity index (χ4n) is 1.76. The third-order valence-electron chi connectivity index (χ3n) is 2.79. The minimum Gasteiger partial charge on any atom is -0.494 e. The van der Waals surface area contributed by atoms with Gasteiger partial charge in [0.05, 0.1) is 30.4 Å². The van der Waals surface area contributed by atoms with Crippen molar-refractivity contribution in [2.24, 2.45) is 0 Å². The molecule has 1 heterocycles. The molecular weight excluding hydrogens is 226 g/mol. The number of methoxy groups -OCH3 is 1. The van der Waals surface area contributed by atoms with Gasteiger partial charge in [-0.3, -0.25) is 9.97 Å². The number of nitrogens with zero attached hydrogens (tertiary/aromatic N) is 2. The van der Waals surface area contributed by atoms with Crippen molar-refractivity contribution in [1.29, 1.82) is 0 Å². The lowest BCUT2D eigenvalue weighted by Gasteiger charge is -2.11. The standard InChI is InChI=1S/C14H17N3O/c1-9(2)12-7-17-13(8-16-12)10-5-4-6-11(15)14(10)18-3/h4-9H,15H2,1-3H3. The monoisotopic (exact) mass is 243 g/mol. The summed E-state index contributed by atoms with van der Waals surface area (Å²) in [5.41, 5.74) is 9.08. The average Bonchev–Trinajstić information content (AvgIpc) is 2.38. The smallest absolute Gasteiger partial charge is 0.151 e. The number of hydrogen-bond acceptors (Lipinski definition) is 4. The number of hydrogen-bond donors (Lipinski definition) is 1. The van der Waals surface area contributed by atoms with E-state index in [9.17, 15) is 0 Å². The van der Waals surface area contributed by atoms with Crippen LogP contribution in [0.15, 0.2) is 30.6 Å². The molecule has 0 radical (unpaired) electrons. The molecule has 4 heteroatoms. The summed E-state index contributed by atoms with van der Waals surface area (Å²) in [4.78, 5) is 8.82. The van der Waals surface area contributed by atoms with E-state index in [0.29, 0.717) is 17.4 Å². The summed E-state index contributed by atoms with van der Waals surface area (Å²) in [7, 11) is 1.60. The first-order valence-corrected chi connectivity index (χ1v) is 5.88. The highest BCUT2D eigenvalue weighted by molar-refractivity contribution is 5.74. The highest BCUT2D eigenvalue weighted by Crippen LogP contribution is 2.33. The Labute approximate surface area is 107 Å². The van der Waals surface area contributed by atoms with Crippen LogP contribution in [-0.4, -0.2) is 17.1 Å². The first-order chi connectivity index (χ1) is 8.63. The van der Waals surface area contributed by atoms with Gasteiger partial charge in [-0.1, -0.05) is 19.9 Å². The van der Waals surface area contributed by atoms with Crippen LogP contribution >= 0.6 is 0 Å². The second-order valence-electron chi connectivity index (χ2n) is 4.41. The molecule has 0 saturated carbocycles. The van der Waals surface area contributed by atoms with Crippen LogP contribution in [0.3, 0.4) is 0 Å². The van der Waals surface area contributed by atoms with Crippen molar-refractivity contribution in [2.45, 2.75) is 19.8 Å². The van der Waals surface area contributed by atoms with Gasteiger partial charge in [0.1, 0.15) is 0 Å². The molecule has 0 spiro atoms. The largest absolute Gasteiger partial charge is 0.494 e. The maximum absolute atomic E-state index is 5.87. The molecule has 0 fully saturated rings. The van der Waals surface area contributed by atoms with Gasteiger partial charge < -0.3 is 10.5 Å². The van der Waals surface area contributed by atoms with E-state index < -0.39 is 0 Å². The lowest BCUT2D eigenvalue weighted by Crippen LogP contribution is -1.98. The summed E-state index contributed by atoms with van der Waals surface area (Å²) in [6, 6.07) is 5.61. The number of ether oxygens (including phenoxy) is 1. The third-order valence-corrected chi connectivity index (χ3v) is 2.79. The number of aromatic nitrogens is 2. The van der Waals surface area contributed by atoms with Crippen molar-refractivity contribution in [1.82, 2.24) is 9.97 Å². The topological polar surface area (TPSA) is 61.0 Å². The highest BCUT2D eigenvalue weighted by atomic mass is 16.5. The van der Waals surface area contributed by atoms with Crippen molar-refractivity contribution in [3.63, 3.8) is 0 Å². The average molecular weight is 243 g/mol. The van der Waals surface area contributed by atoms with E-state index >= 15 is 0 Å². The highest BCUT2D eigenvalue weighted by Gasteiger charge is 2.10. The van der Waals surface area contributed by atoms with Crippen molar-refractivity contribution < 1.29 is 4.74 Å². The van der Waals surface area contributed by atoms with Gasteiger partial charge in [0.25, 0.3) is 0 Å². The molecule has 18 heavy (non-hydrogen) atoms. The molecule has 2 aromatic rings.